The number of hydrogen-bond acceptors (Lipinski definition) is 5. The van der Waals surface area contributed by atoms with Gasteiger partial charge < -0.3 is 4.42 Å². The van der Waals surface area contributed by atoms with E-state index in [1.165, 1.54) is 11.1 Å². The summed E-state index contributed by atoms with van der Waals surface area (Å²) in [4.78, 5) is 2.10. The first-order valence-electron chi connectivity index (χ1n) is 5.86. The van der Waals surface area contributed by atoms with Crippen molar-refractivity contribution in [3.05, 3.63) is 30.7 Å². The topological polar surface area (TPSA) is 80.4 Å². The molecule has 7 heteroatoms. The molecular formula is C12H14N3O3S+. The first-order chi connectivity index (χ1) is 8.94. The third kappa shape index (κ3) is 1.48. The number of fused-ring (bicyclic) bond motifs is 2. The molecule has 0 fully saturated rings. The van der Waals surface area contributed by atoms with E-state index in [9.17, 15) is 8.42 Å². The Bertz CT molecular complexity index is 749. The minimum atomic E-state index is -3.66. The maximum Gasteiger partial charge on any atom is 0.364 e. The molecule has 0 aliphatic carbocycles. The molecule has 0 atom stereocenters. The Morgan fingerprint density at radius 3 is 2.68 bits per heavy atom. The SMILES string of the molecule is CC(C)N1c2ccccc2S(=O)(=O)c2oc[n+](N)c21. The molecule has 1 aromatic carbocycles. The van der Waals surface area contributed by atoms with Crippen molar-refractivity contribution < 1.29 is 17.5 Å². The van der Waals surface area contributed by atoms with Crippen molar-refractivity contribution in [2.45, 2.75) is 29.9 Å². The number of oxazole rings is 1. The normalized spacial score (nSPS) is 16.3. The molecule has 2 aromatic rings. The monoisotopic (exact) mass is 280 g/mol. The summed E-state index contributed by atoms with van der Waals surface area (Å²) in [5, 5.41) is -0.109. The van der Waals surface area contributed by atoms with Gasteiger partial charge >= 0.3 is 10.9 Å². The van der Waals surface area contributed by atoms with Gasteiger partial charge in [-0.1, -0.05) is 16.8 Å². The van der Waals surface area contributed by atoms with Crippen LogP contribution in [-0.4, -0.2) is 14.5 Å². The van der Waals surface area contributed by atoms with Crippen molar-refractivity contribution >= 4 is 21.3 Å². The van der Waals surface area contributed by atoms with Crippen molar-refractivity contribution in [1.82, 2.24) is 0 Å². The van der Waals surface area contributed by atoms with Gasteiger partial charge in [-0.15, -0.1) is 0 Å². The third-order valence-corrected chi connectivity index (χ3v) is 4.79. The Morgan fingerprint density at radius 2 is 2.00 bits per heavy atom. The summed E-state index contributed by atoms with van der Waals surface area (Å²) >= 11 is 0. The lowest BCUT2D eigenvalue weighted by Crippen LogP contribution is -2.49. The molecule has 0 unspecified atom stereocenters. The van der Waals surface area contributed by atoms with E-state index in [-0.39, 0.29) is 16.0 Å². The van der Waals surface area contributed by atoms with Crippen molar-refractivity contribution in [1.29, 1.82) is 0 Å². The average Bonchev–Trinajstić information content (AvgIpc) is 2.73. The van der Waals surface area contributed by atoms with Gasteiger partial charge in [0.1, 0.15) is 10.6 Å². The highest BCUT2D eigenvalue weighted by atomic mass is 32.2. The number of rotatable bonds is 1. The Balaban J connectivity index is 2.42. The number of aromatic nitrogens is 1. The molecule has 0 saturated carbocycles. The number of para-hydroxylation sites is 1. The second kappa shape index (κ2) is 3.74. The zero-order valence-corrected chi connectivity index (χ0v) is 11.4. The van der Waals surface area contributed by atoms with Crippen LogP contribution < -0.4 is 15.4 Å². The molecule has 3 rings (SSSR count). The lowest BCUT2D eigenvalue weighted by atomic mass is 10.2. The molecule has 0 radical (unpaired) electrons. The van der Waals surface area contributed by atoms with Crippen molar-refractivity contribution in [2.75, 3.05) is 10.7 Å². The molecule has 19 heavy (non-hydrogen) atoms. The van der Waals surface area contributed by atoms with Crippen LogP contribution in [0.2, 0.25) is 0 Å². The van der Waals surface area contributed by atoms with E-state index in [0.717, 1.165) is 0 Å². The highest BCUT2D eigenvalue weighted by Gasteiger charge is 2.46. The van der Waals surface area contributed by atoms with E-state index < -0.39 is 9.84 Å². The van der Waals surface area contributed by atoms with E-state index in [2.05, 4.69) is 0 Å². The average molecular weight is 280 g/mol. The first kappa shape index (κ1) is 12.0. The number of hydrogen-bond donors (Lipinski definition) is 1. The van der Waals surface area contributed by atoms with E-state index in [0.29, 0.717) is 11.5 Å². The van der Waals surface area contributed by atoms with Gasteiger partial charge in [0.15, 0.2) is 0 Å². The molecule has 100 valence electrons. The van der Waals surface area contributed by atoms with Gasteiger partial charge in [0, 0.05) is 0 Å². The largest absolute Gasteiger partial charge is 0.406 e. The van der Waals surface area contributed by atoms with Gasteiger partial charge in [0.25, 0.3) is 16.2 Å². The molecule has 1 aliphatic rings. The van der Waals surface area contributed by atoms with E-state index >= 15 is 0 Å². The summed E-state index contributed by atoms with van der Waals surface area (Å²) in [6, 6.07) is 6.88. The summed E-state index contributed by atoms with van der Waals surface area (Å²) in [7, 11) is -3.66. The molecule has 0 saturated heterocycles. The number of sulfone groups is 1. The zero-order valence-electron chi connectivity index (χ0n) is 10.6. The van der Waals surface area contributed by atoms with Crippen LogP contribution in [0.15, 0.2) is 45.1 Å². The standard InChI is InChI=1S/C12H14N3O3S/c1-8(2)15-9-5-3-4-6-10(9)19(16,17)12-11(15)14(13)7-18-12/h3-8H,13H2,1-2H3/q+1. The van der Waals surface area contributed by atoms with Crippen LogP contribution in [0.5, 0.6) is 0 Å². The van der Waals surface area contributed by atoms with Gasteiger partial charge in [-0.25, -0.2) is 13.3 Å². The first-order valence-corrected chi connectivity index (χ1v) is 7.34. The van der Waals surface area contributed by atoms with E-state index in [1.807, 2.05) is 18.7 Å². The van der Waals surface area contributed by atoms with Crippen molar-refractivity contribution in [3.8, 4) is 0 Å². The molecular weight excluding hydrogens is 266 g/mol. The Morgan fingerprint density at radius 1 is 1.32 bits per heavy atom. The summed E-state index contributed by atoms with van der Waals surface area (Å²) in [6.07, 6.45) is 1.20. The number of benzene rings is 1. The fourth-order valence-electron chi connectivity index (χ4n) is 2.34. The number of nitrogens with zero attached hydrogens (tertiary/aromatic N) is 2. The molecule has 2 heterocycles. The van der Waals surface area contributed by atoms with Crippen LogP contribution in [0.25, 0.3) is 0 Å². The Hall–Kier alpha value is -2.02. The smallest absolute Gasteiger partial charge is 0.364 e. The van der Waals surface area contributed by atoms with Gasteiger partial charge in [0.2, 0.25) is 0 Å². The summed E-state index contributed by atoms with van der Waals surface area (Å²) in [6.45, 7) is 3.93. The fourth-order valence-corrected chi connectivity index (χ4v) is 3.85. The lowest BCUT2D eigenvalue weighted by Gasteiger charge is -2.25. The van der Waals surface area contributed by atoms with Crippen LogP contribution in [0.3, 0.4) is 0 Å². The highest BCUT2D eigenvalue weighted by Crippen LogP contribution is 2.43. The van der Waals surface area contributed by atoms with Crippen LogP contribution in [0, 0.1) is 0 Å². The Kier molecular flexibility index (Phi) is 2.37. The molecule has 0 amide bonds. The minimum absolute atomic E-state index is 0.0443. The molecule has 0 bridgehead atoms. The summed E-state index contributed by atoms with van der Waals surface area (Å²) in [5.41, 5.74) is 0.616. The molecule has 1 aliphatic heterocycles. The van der Waals surface area contributed by atoms with Crippen molar-refractivity contribution in [3.63, 3.8) is 0 Å². The quantitative estimate of drug-likeness (QED) is 0.622. The number of anilines is 2. The molecule has 1 aromatic heterocycles. The summed E-state index contributed by atoms with van der Waals surface area (Å²) < 4.78 is 31.3. The molecule has 6 nitrogen and oxygen atoms in total. The van der Waals surface area contributed by atoms with E-state index in [1.54, 1.807) is 24.3 Å². The molecule has 0 spiro atoms. The predicted molar refractivity (Wildman–Crippen MR) is 68.2 cm³/mol. The fraction of sp³-hybridized carbons (Fsp3) is 0.250. The molecule has 2 N–H and O–H groups in total. The summed E-state index contributed by atoms with van der Waals surface area (Å²) in [5.74, 6) is 6.14. The minimum Gasteiger partial charge on any atom is -0.406 e. The zero-order chi connectivity index (χ0) is 13.8. The van der Waals surface area contributed by atoms with E-state index in [4.69, 9.17) is 10.3 Å². The Labute approximate surface area is 110 Å². The van der Waals surface area contributed by atoms with Crippen LogP contribution in [-0.2, 0) is 9.84 Å². The van der Waals surface area contributed by atoms with Crippen LogP contribution >= 0.6 is 0 Å². The number of nitrogen functional groups attached to an aromatic ring is 1. The van der Waals surface area contributed by atoms with Gasteiger partial charge in [-0.05, 0) is 26.0 Å². The van der Waals surface area contributed by atoms with Gasteiger partial charge in [-0.3, -0.25) is 5.84 Å². The predicted octanol–water partition coefficient (Wildman–Crippen LogP) is 0.974. The third-order valence-electron chi connectivity index (χ3n) is 3.10. The maximum absolute atomic E-state index is 12.5. The number of nitrogens with two attached hydrogens (primary N) is 1. The highest BCUT2D eigenvalue weighted by molar-refractivity contribution is 7.91. The lowest BCUT2D eigenvalue weighted by molar-refractivity contribution is -0.630. The van der Waals surface area contributed by atoms with Crippen LogP contribution in [0.1, 0.15) is 13.8 Å². The van der Waals surface area contributed by atoms with Crippen molar-refractivity contribution in [2.24, 2.45) is 0 Å². The second-order valence-corrected chi connectivity index (χ2v) is 6.49. The van der Waals surface area contributed by atoms with Gasteiger partial charge in [0.05, 0.1) is 6.04 Å². The van der Waals surface area contributed by atoms with Crippen LogP contribution in [0.4, 0.5) is 11.5 Å². The van der Waals surface area contributed by atoms with Gasteiger partial charge in [-0.2, -0.15) is 0 Å². The maximum atomic E-state index is 12.5. The second-order valence-electron chi connectivity index (χ2n) is 4.68.